The maximum Gasteiger partial charge on any atom is 0.307 e. The van der Waals surface area contributed by atoms with Gasteiger partial charge in [-0.3, -0.25) is 13.8 Å². The number of hydrogen-bond acceptors (Lipinski definition) is 3. The van der Waals surface area contributed by atoms with Gasteiger partial charge in [-0.05, 0) is 12.8 Å². The molecule has 1 unspecified atom stereocenters. The predicted molar refractivity (Wildman–Crippen MR) is 60.4 cm³/mol. The van der Waals surface area contributed by atoms with Gasteiger partial charge < -0.3 is 10.4 Å². The third kappa shape index (κ3) is 3.59. The molecule has 3 atom stereocenters. The molecule has 6 heteroatoms. The third-order valence-corrected chi connectivity index (χ3v) is 3.64. The molecule has 1 amide bonds. The molecule has 1 aliphatic carbocycles. The molecular weight excluding hydrogens is 230 g/mol. The molecule has 0 radical (unpaired) electrons. The van der Waals surface area contributed by atoms with Crippen molar-refractivity contribution in [1.82, 2.24) is 5.32 Å². The van der Waals surface area contributed by atoms with Crippen LogP contribution < -0.4 is 5.32 Å². The summed E-state index contributed by atoms with van der Waals surface area (Å²) in [4.78, 5) is 22.5. The second-order valence-corrected chi connectivity index (χ2v) is 5.61. The first-order valence-electron chi connectivity index (χ1n) is 5.33. The zero-order valence-corrected chi connectivity index (χ0v) is 10.1. The van der Waals surface area contributed by atoms with E-state index in [9.17, 15) is 13.8 Å². The van der Waals surface area contributed by atoms with Gasteiger partial charge in [-0.1, -0.05) is 6.42 Å². The molecular formula is C10H17NO4S. The average molecular weight is 247 g/mol. The van der Waals surface area contributed by atoms with E-state index in [0.29, 0.717) is 25.1 Å². The van der Waals surface area contributed by atoms with Crippen molar-refractivity contribution in [2.45, 2.75) is 19.3 Å². The summed E-state index contributed by atoms with van der Waals surface area (Å²) in [6.45, 7) is 0.352. The molecule has 92 valence electrons. The number of amides is 1. The van der Waals surface area contributed by atoms with Crippen LogP contribution in [-0.2, 0) is 20.4 Å². The summed E-state index contributed by atoms with van der Waals surface area (Å²) in [6, 6.07) is 0. The van der Waals surface area contributed by atoms with Crippen LogP contribution in [0.1, 0.15) is 19.3 Å². The number of carbonyl (C=O) groups excluding carboxylic acids is 1. The molecule has 0 bridgehead atoms. The van der Waals surface area contributed by atoms with Crippen molar-refractivity contribution in [1.29, 1.82) is 0 Å². The Morgan fingerprint density at radius 2 is 2.00 bits per heavy atom. The van der Waals surface area contributed by atoms with Gasteiger partial charge in [0.2, 0.25) is 5.91 Å². The van der Waals surface area contributed by atoms with Crippen molar-refractivity contribution in [3.05, 3.63) is 0 Å². The molecule has 1 rings (SSSR count). The fourth-order valence-electron chi connectivity index (χ4n) is 2.02. The van der Waals surface area contributed by atoms with E-state index in [0.717, 1.165) is 6.42 Å². The Bertz CT molecular complexity index is 305. The van der Waals surface area contributed by atoms with Crippen molar-refractivity contribution in [3.63, 3.8) is 0 Å². The van der Waals surface area contributed by atoms with Crippen molar-refractivity contribution in [2.24, 2.45) is 11.8 Å². The maximum absolute atomic E-state index is 11.7. The maximum atomic E-state index is 11.7. The van der Waals surface area contributed by atoms with E-state index >= 15 is 0 Å². The van der Waals surface area contributed by atoms with E-state index in [1.54, 1.807) is 6.26 Å². The Labute approximate surface area is 97.1 Å². The summed E-state index contributed by atoms with van der Waals surface area (Å²) >= 11 is 0. The van der Waals surface area contributed by atoms with Gasteiger partial charge in [0.05, 0.1) is 11.8 Å². The van der Waals surface area contributed by atoms with Gasteiger partial charge in [-0.2, -0.15) is 0 Å². The fourth-order valence-corrected chi connectivity index (χ4v) is 2.41. The lowest BCUT2D eigenvalue weighted by molar-refractivity contribution is -0.146. The summed E-state index contributed by atoms with van der Waals surface area (Å²) in [5, 5.41) is 11.6. The molecule has 0 aromatic heterocycles. The first-order valence-corrected chi connectivity index (χ1v) is 7.05. The minimum Gasteiger partial charge on any atom is -0.481 e. The molecule has 5 nitrogen and oxygen atoms in total. The molecule has 1 fully saturated rings. The molecule has 1 saturated carbocycles. The Morgan fingerprint density at radius 3 is 2.56 bits per heavy atom. The predicted octanol–water partition coefficient (Wildman–Crippen LogP) is -0.0180. The highest BCUT2D eigenvalue weighted by atomic mass is 32.2. The standard InChI is InChI=1S/C10H17NO4S/c1-16(15)6-5-11-9(12)7-3-2-4-8(7)10(13)14/h7-8H,2-6H2,1H3,(H,11,12)(H,13,14)/t7-,8+,16?/m1/s1. The topological polar surface area (TPSA) is 83.5 Å². The molecule has 0 aromatic rings. The van der Waals surface area contributed by atoms with E-state index in [2.05, 4.69) is 5.32 Å². The third-order valence-electron chi connectivity index (χ3n) is 2.86. The summed E-state index contributed by atoms with van der Waals surface area (Å²) in [6.07, 6.45) is 3.57. The van der Waals surface area contributed by atoms with Gasteiger partial charge in [0, 0.05) is 29.4 Å². The van der Waals surface area contributed by atoms with Gasteiger partial charge in [0.25, 0.3) is 0 Å². The van der Waals surface area contributed by atoms with Crippen LogP contribution >= 0.6 is 0 Å². The van der Waals surface area contributed by atoms with Gasteiger partial charge in [-0.25, -0.2) is 0 Å². The lowest BCUT2D eigenvalue weighted by Crippen LogP contribution is -2.37. The fraction of sp³-hybridized carbons (Fsp3) is 0.800. The van der Waals surface area contributed by atoms with Crippen LogP contribution in [0.5, 0.6) is 0 Å². The highest BCUT2D eigenvalue weighted by Crippen LogP contribution is 2.31. The van der Waals surface area contributed by atoms with Crippen molar-refractivity contribution in [2.75, 3.05) is 18.6 Å². The van der Waals surface area contributed by atoms with Gasteiger partial charge >= 0.3 is 5.97 Å². The van der Waals surface area contributed by atoms with Crippen LogP contribution in [-0.4, -0.2) is 39.7 Å². The molecule has 16 heavy (non-hydrogen) atoms. The Balaban J connectivity index is 2.41. The number of carbonyl (C=O) groups is 2. The average Bonchev–Trinajstić information content (AvgIpc) is 2.65. The minimum absolute atomic E-state index is 0.213. The number of hydrogen-bond donors (Lipinski definition) is 2. The Kier molecular flexibility index (Phi) is 4.92. The summed E-state index contributed by atoms with van der Waals surface area (Å²) in [7, 11) is -0.932. The summed E-state index contributed by atoms with van der Waals surface area (Å²) < 4.78 is 10.8. The summed E-state index contributed by atoms with van der Waals surface area (Å²) in [5.41, 5.74) is 0. The molecule has 2 N–H and O–H groups in total. The van der Waals surface area contributed by atoms with Crippen LogP contribution in [0.3, 0.4) is 0 Å². The van der Waals surface area contributed by atoms with Crippen LogP contribution in [0, 0.1) is 11.8 Å². The minimum atomic E-state index is -0.932. The molecule has 0 saturated heterocycles. The van der Waals surface area contributed by atoms with Crippen LogP contribution in [0.25, 0.3) is 0 Å². The molecule has 0 aromatic carbocycles. The first kappa shape index (κ1) is 13.2. The Morgan fingerprint density at radius 1 is 1.38 bits per heavy atom. The number of aliphatic carboxylic acids is 1. The van der Waals surface area contributed by atoms with Gasteiger partial charge in [0.1, 0.15) is 0 Å². The molecule has 0 heterocycles. The smallest absolute Gasteiger partial charge is 0.307 e. The van der Waals surface area contributed by atoms with Crippen molar-refractivity contribution >= 4 is 22.7 Å². The monoisotopic (exact) mass is 247 g/mol. The summed E-state index contributed by atoms with van der Waals surface area (Å²) in [5.74, 6) is -1.65. The van der Waals surface area contributed by atoms with E-state index < -0.39 is 28.6 Å². The lowest BCUT2D eigenvalue weighted by Gasteiger charge is -2.15. The van der Waals surface area contributed by atoms with Crippen LogP contribution in [0.2, 0.25) is 0 Å². The normalized spacial score (nSPS) is 26.3. The van der Waals surface area contributed by atoms with Gasteiger partial charge in [-0.15, -0.1) is 0 Å². The van der Waals surface area contributed by atoms with E-state index in [4.69, 9.17) is 5.11 Å². The van der Waals surface area contributed by atoms with E-state index in [1.165, 1.54) is 0 Å². The van der Waals surface area contributed by atoms with Crippen molar-refractivity contribution < 1.29 is 18.9 Å². The van der Waals surface area contributed by atoms with E-state index in [1.807, 2.05) is 0 Å². The zero-order valence-electron chi connectivity index (χ0n) is 9.27. The zero-order chi connectivity index (χ0) is 12.1. The second kappa shape index (κ2) is 5.98. The molecule has 0 aliphatic heterocycles. The van der Waals surface area contributed by atoms with Crippen molar-refractivity contribution in [3.8, 4) is 0 Å². The SMILES string of the molecule is CS(=O)CCNC(=O)[C@@H]1CCC[C@@H]1C(=O)O. The lowest BCUT2D eigenvalue weighted by atomic mass is 9.95. The number of rotatable bonds is 5. The largest absolute Gasteiger partial charge is 0.481 e. The number of carboxylic acid groups (broad SMARTS) is 1. The van der Waals surface area contributed by atoms with Crippen LogP contribution in [0.4, 0.5) is 0 Å². The van der Waals surface area contributed by atoms with Crippen LogP contribution in [0.15, 0.2) is 0 Å². The number of carboxylic acids is 1. The number of nitrogens with one attached hydrogen (secondary N) is 1. The molecule has 1 aliphatic rings. The Hall–Kier alpha value is -0.910. The molecule has 0 spiro atoms. The van der Waals surface area contributed by atoms with Gasteiger partial charge in [0.15, 0.2) is 0 Å². The first-order chi connectivity index (χ1) is 7.52. The van der Waals surface area contributed by atoms with E-state index in [-0.39, 0.29) is 5.91 Å². The quantitative estimate of drug-likeness (QED) is 0.715. The second-order valence-electron chi connectivity index (χ2n) is 4.05. The highest BCUT2D eigenvalue weighted by molar-refractivity contribution is 7.84. The highest BCUT2D eigenvalue weighted by Gasteiger charge is 2.37.